The van der Waals surface area contributed by atoms with Crippen molar-refractivity contribution in [2.75, 3.05) is 6.54 Å². The second-order valence-electron chi connectivity index (χ2n) is 3.78. The molecule has 2 heterocycles. The summed E-state index contributed by atoms with van der Waals surface area (Å²) in [4.78, 5) is 1.36. The summed E-state index contributed by atoms with van der Waals surface area (Å²) in [7, 11) is 0. The molecule has 1 N–H and O–H groups in total. The molecule has 1 atom stereocenters. The summed E-state index contributed by atoms with van der Waals surface area (Å²) in [5.41, 5.74) is 0. The van der Waals surface area contributed by atoms with Gasteiger partial charge in [0.2, 0.25) is 0 Å². The Balaban J connectivity index is 1.89. The third kappa shape index (κ3) is 2.96. The Kier molecular flexibility index (Phi) is 3.78. The molecular weight excluding hydrogens is 190 g/mol. The Labute approximate surface area is 89.8 Å². The van der Waals surface area contributed by atoms with E-state index in [1.54, 1.807) is 11.3 Å². The SMILES string of the molecule is C(=C\[C@H]1CCCCCN1)/c1cccs1. The molecule has 0 amide bonds. The van der Waals surface area contributed by atoms with Gasteiger partial charge < -0.3 is 5.32 Å². The third-order valence-electron chi connectivity index (χ3n) is 2.63. The van der Waals surface area contributed by atoms with Gasteiger partial charge >= 0.3 is 0 Å². The van der Waals surface area contributed by atoms with Crippen molar-refractivity contribution < 1.29 is 0 Å². The fourth-order valence-corrected chi connectivity index (χ4v) is 2.45. The molecule has 2 rings (SSSR count). The topological polar surface area (TPSA) is 12.0 Å². The molecule has 1 aromatic rings. The Morgan fingerprint density at radius 3 is 3.21 bits per heavy atom. The maximum Gasteiger partial charge on any atom is 0.0267 e. The minimum Gasteiger partial charge on any atom is -0.311 e. The normalized spacial score (nSPS) is 23.9. The number of nitrogens with one attached hydrogen (secondary N) is 1. The van der Waals surface area contributed by atoms with Gasteiger partial charge in [-0.05, 0) is 36.9 Å². The highest BCUT2D eigenvalue weighted by molar-refractivity contribution is 7.10. The van der Waals surface area contributed by atoms with Crippen molar-refractivity contribution in [3.63, 3.8) is 0 Å². The molecule has 0 aliphatic carbocycles. The first-order valence-corrected chi connectivity index (χ1v) is 6.28. The lowest BCUT2D eigenvalue weighted by molar-refractivity contribution is 0.599. The smallest absolute Gasteiger partial charge is 0.0267 e. The highest BCUT2D eigenvalue weighted by atomic mass is 32.1. The predicted molar refractivity (Wildman–Crippen MR) is 63.6 cm³/mol. The van der Waals surface area contributed by atoms with Crippen molar-refractivity contribution in [2.45, 2.75) is 31.7 Å². The molecule has 2 heteroatoms. The van der Waals surface area contributed by atoms with E-state index in [4.69, 9.17) is 0 Å². The van der Waals surface area contributed by atoms with E-state index in [1.165, 1.54) is 37.1 Å². The zero-order valence-corrected chi connectivity index (χ0v) is 9.22. The number of rotatable bonds is 2. The summed E-state index contributed by atoms with van der Waals surface area (Å²) in [6.45, 7) is 1.18. The van der Waals surface area contributed by atoms with Crippen molar-refractivity contribution in [3.8, 4) is 0 Å². The molecule has 0 spiro atoms. The average Bonchev–Trinajstić information content (AvgIpc) is 2.58. The third-order valence-corrected chi connectivity index (χ3v) is 3.47. The molecule has 76 valence electrons. The van der Waals surface area contributed by atoms with Crippen LogP contribution >= 0.6 is 11.3 Å². The van der Waals surface area contributed by atoms with Gasteiger partial charge in [0, 0.05) is 10.9 Å². The molecule has 0 aromatic carbocycles. The molecule has 0 radical (unpaired) electrons. The van der Waals surface area contributed by atoms with Crippen LogP contribution in [0.1, 0.15) is 30.6 Å². The van der Waals surface area contributed by atoms with E-state index in [0.29, 0.717) is 6.04 Å². The quantitative estimate of drug-likeness (QED) is 0.784. The molecule has 1 aliphatic heterocycles. The average molecular weight is 207 g/mol. The van der Waals surface area contributed by atoms with Crippen molar-refractivity contribution >= 4 is 17.4 Å². The zero-order valence-electron chi connectivity index (χ0n) is 8.41. The first-order valence-electron chi connectivity index (χ1n) is 5.40. The summed E-state index contributed by atoms with van der Waals surface area (Å²) in [5, 5.41) is 5.69. The van der Waals surface area contributed by atoms with Gasteiger partial charge in [-0.1, -0.05) is 25.0 Å². The molecule has 1 aliphatic rings. The van der Waals surface area contributed by atoms with Gasteiger partial charge in [-0.25, -0.2) is 0 Å². The summed E-state index contributed by atoms with van der Waals surface area (Å²) in [6.07, 6.45) is 9.94. The van der Waals surface area contributed by atoms with Gasteiger partial charge in [0.25, 0.3) is 0 Å². The van der Waals surface area contributed by atoms with Gasteiger partial charge in [-0.15, -0.1) is 11.3 Å². The minimum absolute atomic E-state index is 0.597. The lowest BCUT2D eigenvalue weighted by Crippen LogP contribution is -2.25. The van der Waals surface area contributed by atoms with Crippen LogP contribution in [0.4, 0.5) is 0 Å². The predicted octanol–water partition coefficient (Wildman–Crippen LogP) is 3.29. The molecule has 1 nitrogen and oxygen atoms in total. The monoisotopic (exact) mass is 207 g/mol. The van der Waals surface area contributed by atoms with Gasteiger partial charge in [-0.3, -0.25) is 0 Å². The zero-order chi connectivity index (χ0) is 9.64. The standard InChI is InChI=1S/C12H17NS/c1-2-5-11(13-9-3-1)7-8-12-6-4-10-14-12/h4,6-8,10-11,13H,1-3,5,9H2/b8-7+/t11-/m1/s1. The van der Waals surface area contributed by atoms with E-state index in [1.807, 2.05) is 0 Å². The maximum atomic E-state index is 3.56. The van der Waals surface area contributed by atoms with Gasteiger partial charge in [0.15, 0.2) is 0 Å². The van der Waals surface area contributed by atoms with Gasteiger partial charge in [0.05, 0.1) is 0 Å². The summed E-state index contributed by atoms with van der Waals surface area (Å²) < 4.78 is 0. The first-order chi connectivity index (χ1) is 6.95. The fourth-order valence-electron chi connectivity index (χ4n) is 1.82. The summed E-state index contributed by atoms with van der Waals surface area (Å²) in [6, 6.07) is 4.86. The molecule has 0 unspecified atom stereocenters. The lowest BCUT2D eigenvalue weighted by Gasteiger charge is -2.09. The van der Waals surface area contributed by atoms with Crippen molar-refractivity contribution in [2.24, 2.45) is 0 Å². The van der Waals surface area contributed by atoms with E-state index in [9.17, 15) is 0 Å². The highest BCUT2D eigenvalue weighted by Gasteiger charge is 2.07. The molecule has 14 heavy (non-hydrogen) atoms. The number of hydrogen-bond acceptors (Lipinski definition) is 2. The van der Waals surface area contributed by atoms with Crippen molar-refractivity contribution in [1.82, 2.24) is 5.32 Å². The number of thiophene rings is 1. The van der Waals surface area contributed by atoms with Crippen LogP contribution in [0.15, 0.2) is 23.6 Å². The second kappa shape index (κ2) is 5.32. The molecule has 0 bridgehead atoms. The molecule has 1 aromatic heterocycles. The van der Waals surface area contributed by atoms with E-state index in [-0.39, 0.29) is 0 Å². The van der Waals surface area contributed by atoms with E-state index >= 15 is 0 Å². The largest absolute Gasteiger partial charge is 0.311 e. The lowest BCUT2D eigenvalue weighted by atomic mass is 10.1. The van der Waals surface area contributed by atoms with Gasteiger partial charge in [-0.2, -0.15) is 0 Å². The Bertz CT molecular complexity index is 269. The van der Waals surface area contributed by atoms with E-state index in [0.717, 1.165) is 0 Å². The highest BCUT2D eigenvalue weighted by Crippen LogP contribution is 2.14. The number of hydrogen-bond donors (Lipinski definition) is 1. The van der Waals surface area contributed by atoms with Crippen LogP contribution in [0.3, 0.4) is 0 Å². The maximum absolute atomic E-state index is 3.56. The Morgan fingerprint density at radius 1 is 1.36 bits per heavy atom. The van der Waals surface area contributed by atoms with Crippen LogP contribution in [0, 0.1) is 0 Å². The van der Waals surface area contributed by atoms with Crippen LogP contribution in [0.2, 0.25) is 0 Å². The molecule has 1 fully saturated rings. The van der Waals surface area contributed by atoms with Gasteiger partial charge in [0.1, 0.15) is 0 Å². The van der Waals surface area contributed by atoms with Crippen LogP contribution < -0.4 is 5.32 Å². The Morgan fingerprint density at radius 2 is 2.36 bits per heavy atom. The summed E-state index contributed by atoms with van der Waals surface area (Å²) in [5.74, 6) is 0. The molecule has 0 saturated carbocycles. The Hall–Kier alpha value is -0.600. The summed E-state index contributed by atoms with van der Waals surface area (Å²) >= 11 is 1.80. The molecule has 1 saturated heterocycles. The second-order valence-corrected chi connectivity index (χ2v) is 4.76. The fraction of sp³-hybridized carbons (Fsp3) is 0.500. The first kappa shape index (κ1) is 9.94. The van der Waals surface area contributed by atoms with Crippen molar-refractivity contribution in [3.05, 3.63) is 28.5 Å². The molecular formula is C12H17NS. The minimum atomic E-state index is 0.597. The van der Waals surface area contributed by atoms with Crippen LogP contribution in [0.5, 0.6) is 0 Å². The van der Waals surface area contributed by atoms with Crippen molar-refractivity contribution in [1.29, 1.82) is 0 Å². The van der Waals surface area contributed by atoms with E-state index in [2.05, 4.69) is 35.0 Å². The van der Waals surface area contributed by atoms with Crippen LogP contribution in [0.25, 0.3) is 6.08 Å². The van der Waals surface area contributed by atoms with Crippen LogP contribution in [-0.4, -0.2) is 12.6 Å². The van der Waals surface area contributed by atoms with E-state index < -0.39 is 0 Å². The van der Waals surface area contributed by atoms with Crippen LogP contribution in [-0.2, 0) is 0 Å².